The average Bonchev–Trinajstić information content (AvgIpc) is 2.89. The molecule has 1 aromatic carbocycles. The van der Waals surface area contributed by atoms with E-state index in [-0.39, 0.29) is 0 Å². The SMILES string of the molecule is c1ccc2c(c1)CC[C@H](NC[C@@H]1CCCO1)C2. The van der Waals surface area contributed by atoms with Crippen LogP contribution in [0.4, 0.5) is 0 Å². The highest BCUT2D eigenvalue weighted by molar-refractivity contribution is 5.30. The fraction of sp³-hybridized carbons (Fsp3) is 0.600. The molecule has 0 bridgehead atoms. The van der Waals surface area contributed by atoms with Crippen LogP contribution < -0.4 is 5.32 Å². The first-order valence-electron chi connectivity index (χ1n) is 6.83. The Balaban J connectivity index is 1.53. The molecule has 2 nitrogen and oxygen atoms in total. The van der Waals surface area contributed by atoms with E-state index in [9.17, 15) is 0 Å². The lowest BCUT2D eigenvalue weighted by Crippen LogP contribution is -2.39. The summed E-state index contributed by atoms with van der Waals surface area (Å²) in [5.74, 6) is 0. The highest BCUT2D eigenvalue weighted by Gasteiger charge is 2.20. The van der Waals surface area contributed by atoms with Gasteiger partial charge in [0.25, 0.3) is 0 Å². The van der Waals surface area contributed by atoms with Crippen molar-refractivity contribution in [3.63, 3.8) is 0 Å². The first kappa shape index (κ1) is 11.2. The van der Waals surface area contributed by atoms with Gasteiger partial charge in [-0.1, -0.05) is 24.3 Å². The molecule has 2 aliphatic rings. The summed E-state index contributed by atoms with van der Waals surface area (Å²) in [7, 11) is 0. The van der Waals surface area contributed by atoms with Crippen molar-refractivity contribution in [2.45, 2.75) is 44.2 Å². The van der Waals surface area contributed by atoms with Gasteiger partial charge >= 0.3 is 0 Å². The second-order valence-electron chi connectivity index (χ2n) is 5.25. The first-order valence-corrected chi connectivity index (χ1v) is 6.83. The Morgan fingerprint density at radius 3 is 2.88 bits per heavy atom. The molecule has 1 heterocycles. The average molecular weight is 231 g/mol. The summed E-state index contributed by atoms with van der Waals surface area (Å²) in [6.45, 7) is 1.99. The Hall–Kier alpha value is -0.860. The predicted octanol–water partition coefficient (Wildman–Crippen LogP) is 2.31. The van der Waals surface area contributed by atoms with Crippen molar-refractivity contribution in [1.82, 2.24) is 5.32 Å². The second-order valence-corrected chi connectivity index (χ2v) is 5.25. The van der Waals surface area contributed by atoms with Gasteiger partial charge in [-0.25, -0.2) is 0 Å². The van der Waals surface area contributed by atoms with Gasteiger partial charge in [-0.15, -0.1) is 0 Å². The van der Waals surface area contributed by atoms with E-state index in [0.717, 1.165) is 13.2 Å². The topological polar surface area (TPSA) is 21.3 Å². The number of hydrogen-bond donors (Lipinski definition) is 1. The highest BCUT2D eigenvalue weighted by Crippen LogP contribution is 2.21. The number of fused-ring (bicyclic) bond motifs is 1. The maximum atomic E-state index is 5.65. The largest absolute Gasteiger partial charge is 0.377 e. The zero-order valence-corrected chi connectivity index (χ0v) is 10.3. The van der Waals surface area contributed by atoms with E-state index < -0.39 is 0 Å². The summed E-state index contributed by atoms with van der Waals surface area (Å²) >= 11 is 0. The lowest BCUT2D eigenvalue weighted by atomic mass is 9.88. The number of nitrogens with one attached hydrogen (secondary N) is 1. The maximum absolute atomic E-state index is 5.65. The van der Waals surface area contributed by atoms with Crippen LogP contribution in [0.25, 0.3) is 0 Å². The smallest absolute Gasteiger partial charge is 0.0700 e. The van der Waals surface area contributed by atoms with Crippen LogP contribution in [0.1, 0.15) is 30.4 Å². The van der Waals surface area contributed by atoms with E-state index in [1.165, 1.54) is 37.7 Å². The molecule has 0 saturated carbocycles. The van der Waals surface area contributed by atoms with Crippen molar-refractivity contribution < 1.29 is 4.74 Å². The molecule has 1 aromatic rings. The molecule has 0 aromatic heterocycles. The maximum Gasteiger partial charge on any atom is 0.0700 e. The standard InChI is InChI=1S/C15H21NO/c1-2-5-13-10-14(8-7-12(13)4-1)16-11-15-6-3-9-17-15/h1-2,4-5,14-16H,3,6-11H2/t14-,15-/m0/s1. The van der Waals surface area contributed by atoms with Gasteiger partial charge in [-0.2, -0.15) is 0 Å². The van der Waals surface area contributed by atoms with Crippen LogP contribution in [0.2, 0.25) is 0 Å². The van der Waals surface area contributed by atoms with Gasteiger partial charge in [0, 0.05) is 19.2 Å². The van der Waals surface area contributed by atoms with Gasteiger partial charge in [0.2, 0.25) is 0 Å². The summed E-state index contributed by atoms with van der Waals surface area (Å²) in [6.07, 6.45) is 6.61. The van der Waals surface area contributed by atoms with Crippen molar-refractivity contribution >= 4 is 0 Å². The van der Waals surface area contributed by atoms with Crippen LogP contribution in [0.5, 0.6) is 0 Å². The van der Waals surface area contributed by atoms with Crippen LogP contribution in [-0.2, 0) is 17.6 Å². The van der Waals surface area contributed by atoms with Gasteiger partial charge in [0.1, 0.15) is 0 Å². The molecule has 0 amide bonds. The molecule has 17 heavy (non-hydrogen) atoms. The number of rotatable bonds is 3. The van der Waals surface area contributed by atoms with E-state index in [1.54, 1.807) is 5.56 Å². The molecule has 0 radical (unpaired) electrons. The molecule has 1 N–H and O–H groups in total. The lowest BCUT2D eigenvalue weighted by Gasteiger charge is -2.26. The fourth-order valence-corrected chi connectivity index (χ4v) is 2.98. The number of hydrogen-bond acceptors (Lipinski definition) is 2. The van der Waals surface area contributed by atoms with Gasteiger partial charge in [-0.3, -0.25) is 0 Å². The summed E-state index contributed by atoms with van der Waals surface area (Å²) < 4.78 is 5.65. The Kier molecular flexibility index (Phi) is 3.44. The van der Waals surface area contributed by atoms with E-state index >= 15 is 0 Å². The molecule has 3 rings (SSSR count). The quantitative estimate of drug-likeness (QED) is 0.862. The normalized spacial score (nSPS) is 28.0. The zero-order chi connectivity index (χ0) is 11.5. The van der Waals surface area contributed by atoms with E-state index in [0.29, 0.717) is 12.1 Å². The summed E-state index contributed by atoms with van der Waals surface area (Å²) in [5, 5.41) is 3.68. The van der Waals surface area contributed by atoms with Crippen molar-refractivity contribution in [2.24, 2.45) is 0 Å². The van der Waals surface area contributed by atoms with Gasteiger partial charge in [0.15, 0.2) is 0 Å². The van der Waals surface area contributed by atoms with E-state index in [2.05, 4.69) is 29.6 Å². The fourth-order valence-electron chi connectivity index (χ4n) is 2.98. The molecule has 1 saturated heterocycles. The van der Waals surface area contributed by atoms with E-state index in [4.69, 9.17) is 4.74 Å². The third-order valence-corrected chi connectivity index (χ3v) is 4.01. The minimum absolute atomic E-state index is 0.465. The minimum Gasteiger partial charge on any atom is -0.377 e. The van der Waals surface area contributed by atoms with Crippen molar-refractivity contribution in [3.8, 4) is 0 Å². The third-order valence-electron chi connectivity index (χ3n) is 4.01. The van der Waals surface area contributed by atoms with Gasteiger partial charge in [-0.05, 0) is 43.2 Å². The Labute approximate surface area is 103 Å². The van der Waals surface area contributed by atoms with Crippen LogP contribution >= 0.6 is 0 Å². The molecule has 2 heteroatoms. The summed E-state index contributed by atoms with van der Waals surface area (Å²) in [4.78, 5) is 0. The lowest BCUT2D eigenvalue weighted by molar-refractivity contribution is 0.107. The molecule has 1 aliphatic carbocycles. The van der Waals surface area contributed by atoms with Crippen molar-refractivity contribution in [3.05, 3.63) is 35.4 Å². The zero-order valence-electron chi connectivity index (χ0n) is 10.3. The first-order chi connectivity index (χ1) is 8.42. The Morgan fingerprint density at radius 1 is 1.18 bits per heavy atom. The monoisotopic (exact) mass is 231 g/mol. The van der Waals surface area contributed by atoms with E-state index in [1.807, 2.05) is 0 Å². The van der Waals surface area contributed by atoms with Crippen LogP contribution in [0.3, 0.4) is 0 Å². The van der Waals surface area contributed by atoms with Gasteiger partial charge in [0.05, 0.1) is 6.10 Å². The van der Waals surface area contributed by atoms with Crippen LogP contribution in [0, 0.1) is 0 Å². The number of aryl methyl sites for hydroxylation is 1. The third kappa shape index (κ3) is 2.70. The predicted molar refractivity (Wildman–Crippen MR) is 69.2 cm³/mol. The van der Waals surface area contributed by atoms with Gasteiger partial charge < -0.3 is 10.1 Å². The molecule has 1 aliphatic heterocycles. The van der Waals surface area contributed by atoms with Crippen LogP contribution in [0.15, 0.2) is 24.3 Å². The summed E-state index contributed by atoms with van der Waals surface area (Å²) in [5.41, 5.74) is 3.08. The molecule has 92 valence electrons. The van der Waals surface area contributed by atoms with Crippen molar-refractivity contribution in [1.29, 1.82) is 0 Å². The Morgan fingerprint density at radius 2 is 2.06 bits per heavy atom. The molecule has 0 unspecified atom stereocenters. The highest BCUT2D eigenvalue weighted by atomic mass is 16.5. The van der Waals surface area contributed by atoms with Crippen molar-refractivity contribution in [2.75, 3.05) is 13.2 Å². The molecular weight excluding hydrogens is 210 g/mol. The molecule has 1 fully saturated rings. The molecule has 0 spiro atoms. The molecular formula is C15H21NO. The van der Waals surface area contributed by atoms with Crippen LogP contribution in [-0.4, -0.2) is 25.3 Å². The second kappa shape index (κ2) is 5.19. The Bertz CT molecular complexity index is 371. The summed E-state index contributed by atoms with van der Waals surface area (Å²) in [6, 6.07) is 9.50. The minimum atomic E-state index is 0.465. The molecule has 2 atom stereocenters. The number of benzene rings is 1. The number of ether oxygens (including phenoxy) is 1.